The zero-order valence-corrected chi connectivity index (χ0v) is 8.81. The van der Waals surface area contributed by atoms with Gasteiger partial charge in [-0.2, -0.15) is 0 Å². The lowest BCUT2D eigenvalue weighted by atomic mass is 9.81. The van der Waals surface area contributed by atoms with E-state index in [1.807, 2.05) is 0 Å². The fourth-order valence-electron chi connectivity index (χ4n) is 2.10. The molecule has 1 N–H and O–H groups in total. The highest BCUT2D eigenvalue weighted by Crippen LogP contribution is 2.30. The SMILES string of the molecule is Cn1nncc1C(=O)C1(O)CCCCC1. The van der Waals surface area contributed by atoms with Gasteiger partial charge in [0.05, 0.1) is 6.20 Å². The summed E-state index contributed by atoms with van der Waals surface area (Å²) in [5, 5.41) is 17.6. The number of rotatable bonds is 2. The summed E-state index contributed by atoms with van der Waals surface area (Å²) in [6, 6.07) is 0. The second kappa shape index (κ2) is 3.73. The third-order valence-corrected chi connectivity index (χ3v) is 3.05. The molecule has 0 atom stereocenters. The molecule has 1 aromatic heterocycles. The van der Waals surface area contributed by atoms with Crippen molar-refractivity contribution in [3.8, 4) is 0 Å². The Bertz CT molecular complexity index is 366. The zero-order valence-electron chi connectivity index (χ0n) is 8.81. The number of aryl methyl sites for hydroxylation is 1. The largest absolute Gasteiger partial charge is 0.382 e. The van der Waals surface area contributed by atoms with Gasteiger partial charge in [0, 0.05) is 7.05 Å². The topological polar surface area (TPSA) is 68.0 Å². The third kappa shape index (κ3) is 1.79. The van der Waals surface area contributed by atoms with E-state index in [1.165, 1.54) is 10.9 Å². The first-order valence-electron chi connectivity index (χ1n) is 5.25. The Morgan fingerprint density at radius 2 is 2.13 bits per heavy atom. The smallest absolute Gasteiger partial charge is 0.213 e. The zero-order chi connectivity index (χ0) is 10.9. The molecule has 1 aromatic rings. The van der Waals surface area contributed by atoms with Crippen molar-refractivity contribution in [2.24, 2.45) is 7.05 Å². The van der Waals surface area contributed by atoms with E-state index in [4.69, 9.17) is 0 Å². The molecule has 0 bridgehead atoms. The minimum atomic E-state index is -1.19. The maximum Gasteiger partial charge on any atom is 0.213 e. The van der Waals surface area contributed by atoms with Crippen LogP contribution in [0.15, 0.2) is 6.20 Å². The maximum absolute atomic E-state index is 12.1. The first-order valence-corrected chi connectivity index (χ1v) is 5.25. The highest BCUT2D eigenvalue weighted by atomic mass is 16.3. The van der Waals surface area contributed by atoms with Gasteiger partial charge in [-0.25, -0.2) is 4.68 Å². The van der Waals surface area contributed by atoms with E-state index in [0.717, 1.165) is 19.3 Å². The van der Waals surface area contributed by atoms with Crippen molar-refractivity contribution >= 4 is 5.78 Å². The highest BCUT2D eigenvalue weighted by Gasteiger charge is 2.38. The molecule has 1 aliphatic rings. The number of carbonyl (C=O) groups excluding carboxylic acids is 1. The molecule has 0 spiro atoms. The molecule has 15 heavy (non-hydrogen) atoms. The van der Waals surface area contributed by atoms with E-state index in [1.54, 1.807) is 7.05 Å². The van der Waals surface area contributed by atoms with Crippen LogP contribution in [-0.2, 0) is 7.05 Å². The summed E-state index contributed by atoms with van der Waals surface area (Å²) in [6.07, 6.45) is 5.43. The van der Waals surface area contributed by atoms with Gasteiger partial charge in [-0.1, -0.05) is 24.5 Å². The Hall–Kier alpha value is -1.23. The van der Waals surface area contributed by atoms with Crippen molar-refractivity contribution in [2.45, 2.75) is 37.7 Å². The van der Waals surface area contributed by atoms with Gasteiger partial charge >= 0.3 is 0 Å². The van der Waals surface area contributed by atoms with Crippen LogP contribution in [0.1, 0.15) is 42.6 Å². The molecule has 1 heterocycles. The normalized spacial score (nSPS) is 20.1. The van der Waals surface area contributed by atoms with Crippen molar-refractivity contribution in [3.05, 3.63) is 11.9 Å². The molecule has 0 amide bonds. The summed E-state index contributed by atoms with van der Waals surface area (Å²) in [7, 11) is 1.66. The van der Waals surface area contributed by atoms with Crippen LogP contribution in [0.25, 0.3) is 0 Å². The molecule has 2 rings (SSSR count). The van der Waals surface area contributed by atoms with Crippen LogP contribution in [0.4, 0.5) is 0 Å². The van der Waals surface area contributed by atoms with Crippen LogP contribution in [-0.4, -0.2) is 31.5 Å². The van der Waals surface area contributed by atoms with E-state index in [2.05, 4.69) is 10.3 Å². The standard InChI is InChI=1S/C10H15N3O2/c1-13-8(7-11-12-13)9(14)10(15)5-3-2-4-6-10/h7,15H,2-6H2,1H3. The van der Waals surface area contributed by atoms with Crippen LogP contribution >= 0.6 is 0 Å². The first-order chi connectivity index (χ1) is 7.13. The highest BCUT2D eigenvalue weighted by molar-refractivity contribution is 6.00. The number of ketones is 1. The summed E-state index contributed by atoms with van der Waals surface area (Å²) in [6.45, 7) is 0. The summed E-state index contributed by atoms with van der Waals surface area (Å²) in [4.78, 5) is 12.1. The van der Waals surface area contributed by atoms with Crippen LogP contribution in [0.5, 0.6) is 0 Å². The molecule has 82 valence electrons. The summed E-state index contributed by atoms with van der Waals surface area (Å²) in [5.41, 5.74) is -0.798. The van der Waals surface area contributed by atoms with Crippen LogP contribution < -0.4 is 0 Å². The number of nitrogens with zero attached hydrogens (tertiary/aromatic N) is 3. The van der Waals surface area contributed by atoms with Gasteiger partial charge in [-0.05, 0) is 12.8 Å². The lowest BCUT2D eigenvalue weighted by molar-refractivity contribution is 0.0108. The average molecular weight is 209 g/mol. The molecular weight excluding hydrogens is 194 g/mol. The predicted octanol–water partition coefficient (Wildman–Crippen LogP) is 0.693. The monoisotopic (exact) mass is 209 g/mol. The van der Waals surface area contributed by atoms with Gasteiger partial charge in [-0.3, -0.25) is 4.79 Å². The number of Topliss-reactive ketones (excluding diaryl/α,β-unsaturated/α-hetero) is 1. The van der Waals surface area contributed by atoms with Gasteiger partial charge in [0.1, 0.15) is 11.3 Å². The maximum atomic E-state index is 12.1. The van der Waals surface area contributed by atoms with Gasteiger partial charge in [0.15, 0.2) is 0 Å². The lowest BCUT2D eigenvalue weighted by Gasteiger charge is -2.30. The van der Waals surface area contributed by atoms with Crippen molar-refractivity contribution in [2.75, 3.05) is 0 Å². The first kappa shape index (κ1) is 10.3. The number of hydrogen-bond acceptors (Lipinski definition) is 4. The van der Waals surface area contributed by atoms with E-state index < -0.39 is 5.60 Å². The van der Waals surface area contributed by atoms with Gasteiger partial charge in [0.2, 0.25) is 5.78 Å². The van der Waals surface area contributed by atoms with Crippen molar-refractivity contribution < 1.29 is 9.90 Å². The van der Waals surface area contributed by atoms with E-state index in [-0.39, 0.29) is 5.78 Å². The quantitative estimate of drug-likeness (QED) is 0.728. The van der Waals surface area contributed by atoms with Crippen molar-refractivity contribution in [3.63, 3.8) is 0 Å². The number of carbonyl (C=O) groups is 1. The van der Waals surface area contributed by atoms with E-state index in [9.17, 15) is 9.90 Å². The fourth-order valence-corrected chi connectivity index (χ4v) is 2.10. The molecule has 5 nitrogen and oxygen atoms in total. The minimum absolute atomic E-state index is 0.241. The molecule has 0 unspecified atom stereocenters. The molecule has 5 heteroatoms. The Morgan fingerprint density at radius 3 is 2.67 bits per heavy atom. The molecule has 1 fully saturated rings. The summed E-state index contributed by atoms with van der Waals surface area (Å²) in [5.74, 6) is -0.241. The Morgan fingerprint density at radius 1 is 1.47 bits per heavy atom. The predicted molar refractivity (Wildman–Crippen MR) is 53.4 cm³/mol. The minimum Gasteiger partial charge on any atom is -0.382 e. The van der Waals surface area contributed by atoms with Gasteiger partial charge < -0.3 is 5.11 Å². The van der Waals surface area contributed by atoms with Crippen molar-refractivity contribution in [1.29, 1.82) is 0 Å². The van der Waals surface area contributed by atoms with E-state index in [0.29, 0.717) is 18.5 Å². The van der Waals surface area contributed by atoms with Crippen LogP contribution in [0.3, 0.4) is 0 Å². The van der Waals surface area contributed by atoms with Gasteiger partial charge in [-0.15, -0.1) is 5.10 Å². The number of aliphatic hydroxyl groups is 1. The summed E-state index contributed by atoms with van der Waals surface area (Å²) >= 11 is 0. The molecule has 0 aromatic carbocycles. The molecule has 0 aliphatic heterocycles. The molecule has 1 aliphatic carbocycles. The number of aromatic nitrogens is 3. The molecule has 0 radical (unpaired) electrons. The number of hydrogen-bond donors (Lipinski definition) is 1. The molecule has 0 saturated heterocycles. The fraction of sp³-hybridized carbons (Fsp3) is 0.700. The lowest BCUT2D eigenvalue weighted by Crippen LogP contribution is -2.41. The molecular formula is C10H15N3O2. The molecule has 1 saturated carbocycles. The second-order valence-electron chi connectivity index (χ2n) is 4.16. The van der Waals surface area contributed by atoms with Crippen LogP contribution in [0.2, 0.25) is 0 Å². The average Bonchev–Trinajstić information content (AvgIpc) is 2.64. The van der Waals surface area contributed by atoms with E-state index >= 15 is 0 Å². The Kier molecular flexibility index (Phi) is 2.56. The second-order valence-corrected chi connectivity index (χ2v) is 4.16. The summed E-state index contributed by atoms with van der Waals surface area (Å²) < 4.78 is 1.41. The van der Waals surface area contributed by atoms with Crippen molar-refractivity contribution in [1.82, 2.24) is 15.0 Å². The Balaban J connectivity index is 2.23. The van der Waals surface area contributed by atoms with Gasteiger partial charge in [0.25, 0.3) is 0 Å². The van der Waals surface area contributed by atoms with Crippen LogP contribution in [0, 0.1) is 0 Å². The Labute approximate surface area is 88.1 Å². The third-order valence-electron chi connectivity index (χ3n) is 3.05.